The van der Waals surface area contributed by atoms with Crippen LogP contribution in [0.4, 0.5) is 0 Å². The van der Waals surface area contributed by atoms with Crippen LogP contribution in [0, 0.1) is 7.91 Å². The molecule has 2 aromatic heterocycles. The van der Waals surface area contributed by atoms with Crippen molar-refractivity contribution in [1.82, 2.24) is 9.97 Å². The van der Waals surface area contributed by atoms with Crippen molar-refractivity contribution in [2.45, 2.75) is 0 Å². The van der Waals surface area contributed by atoms with Gasteiger partial charge in [0, 0.05) is 0 Å². The third-order valence-electron chi connectivity index (χ3n) is 2.65. The number of H-pyrrole nitrogens is 2. The molecule has 4 aromatic rings. The summed E-state index contributed by atoms with van der Waals surface area (Å²) in [5.41, 5.74) is 2.27. The minimum atomic E-state index is 0. The second kappa shape index (κ2) is 7.78. The van der Waals surface area contributed by atoms with Gasteiger partial charge in [0.15, 0.2) is 7.91 Å². The van der Waals surface area contributed by atoms with E-state index in [1.54, 1.807) is 22.7 Å². The summed E-state index contributed by atoms with van der Waals surface area (Å²) in [7, 11) is 0. The summed E-state index contributed by atoms with van der Waals surface area (Å²) in [5.74, 6) is 0. The predicted octanol–water partition coefficient (Wildman–Crippen LogP) is 3.03. The zero-order valence-corrected chi connectivity index (χ0v) is 16.5. The molecule has 0 amide bonds. The van der Waals surface area contributed by atoms with Crippen LogP contribution in [-0.2, 0) is 0 Å². The fourth-order valence-electron chi connectivity index (χ4n) is 1.79. The van der Waals surface area contributed by atoms with Gasteiger partial charge < -0.3 is 11.4 Å². The van der Waals surface area contributed by atoms with E-state index in [0.717, 1.165) is 18.9 Å². The van der Waals surface area contributed by atoms with Crippen molar-refractivity contribution in [2.24, 2.45) is 0 Å². The predicted molar refractivity (Wildman–Crippen MR) is 95.1 cm³/mol. The monoisotopic (exact) mass is 358 g/mol. The van der Waals surface area contributed by atoms with Gasteiger partial charge in [0.1, 0.15) is 0 Å². The molecule has 0 unspecified atom stereocenters. The van der Waals surface area contributed by atoms with Gasteiger partial charge in [-0.15, -0.1) is 22.7 Å². The molecular weight excluding hydrogens is 347 g/mol. The molecule has 0 saturated heterocycles. The number of hydrogen-bond acceptors (Lipinski definition) is 4. The number of rotatable bonds is 0. The fraction of sp³-hybridized carbons (Fsp3) is 0. The standard InChI is InChI=1S/2C7H5NS2.Na.H/c2*9-7-8-5-3-1-2-4-6(5)10-7;;/h2*1-4H,(H,8,9);;/q;;+1;-1. The summed E-state index contributed by atoms with van der Waals surface area (Å²) < 4.78 is 4.16. The number of para-hydroxylation sites is 2. The molecule has 0 aliphatic rings. The van der Waals surface area contributed by atoms with E-state index in [0.29, 0.717) is 0 Å². The Kier molecular flexibility index (Phi) is 6.31. The molecule has 102 valence electrons. The second-order valence-corrected chi connectivity index (χ2v) is 7.46. The Bertz CT molecular complexity index is 817. The zero-order chi connectivity index (χ0) is 13.9. The fourth-order valence-corrected chi connectivity index (χ4v) is 4.02. The number of thiazole rings is 2. The first kappa shape index (κ1) is 17.0. The SMILES string of the molecule is S=c1[nH]c2ccccc2s1.S=c1[nH]c2ccccc2s1.[H-].[Na+]. The van der Waals surface area contributed by atoms with Crippen LogP contribution in [0.15, 0.2) is 48.5 Å². The van der Waals surface area contributed by atoms with Crippen molar-refractivity contribution in [2.75, 3.05) is 0 Å². The van der Waals surface area contributed by atoms with Gasteiger partial charge in [-0.05, 0) is 48.7 Å². The summed E-state index contributed by atoms with van der Waals surface area (Å²) >= 11 is 13.2. The molecule has 0 radical (unpaired) electrons. The summed E-state index contributed by atoms with van der Waals surface area (Å²) in [4.78, 5) is 6.18. The number of nitrogens with one attached hydrogen (secondary N) is 2. The maximum absolute atomic E-state index is 4.98. The van der Waals surface area contributed by atoms with E-state index in [1.165, 1.54) is 9.40 Å². The molecule has 2 aromatic carbocycles. The van der Waals surface area contributed by atoms with Gasteiger partial charge >= 0.3 is 29.6 Å². The van der Waals surface area contributed by atoms with Crippen molar-refractivity contribution in [3.05, 3.63) is 56.4 Å². The van der Waals surface area contributed by atoms with E-state index < -0.39 is 0 Å². The van der Waals surface area contributed by atoms with Gasteiger partial charge in [-0.2, -0.15) is 0 Å². The molecule has 21 heavy (non-hydrogen) atoms. The molecule has 0 atom stereocenters. The second-order valence-electron chi connectivity index (χ2n) is 4.02. The van der Waals surface area contributed by atoms with Crippen LogP contribution in [-0.4, -0.2) is 9.97 Å². The molecule has 0 fully saturated rings. The molecule has 7 heteroatoms. The summed E-state index contributed by atoms with van der Waals surface area (Å²) in [6, 6.07) is 16.2. The number of hydrogen-bond donors (Lipinski definition) is 2. The number of aromatic amines is 2. The third kappa shape index (κ3) is 4.32. The number of fused-ring (bicyclic) bond motifs is 2. The van der Waals surface area contributed by atoms with E-state index in [1.807, 2.05) is 36.4 Å². The molecule has 0 bridgehead atoms. The minimum absolute atomic E-state index is 0. The van der Waals surface area contributed by atoms with E-state index in [2.05, 4.69) is 22.1 Å². The number of benzene rings is 2. The van der Waals surface area contributed by atoms with Crippen LogP contribution in [0.25, 0.3) is 20.4 Å². The Morgan fingerprint density at radius 3 is 1.48 bits per heavy atom. The van der Waals surface area contributed by atoms with Gasteiger partial charge in [-0.3, -0.25) is 0 Å². The van der Waals surface area contributed by atoms with Crippen molar-refractivity contribution in [3.8, 4) is 0 Å². The Labute approximate surface area is 163 Å². The molecular formula is C14H11N2NaS4. The van der Waals surface area contributed by atoms with Crippen molar-refractivity contribution < 1.29 is 31.0 Å². The topological polar surface area (TPSA) is 31.6 Å². The largest absolute Gasteiger partial charge is 1.00 e. The molecule has 4 rings (SSSR count). The number of aromatic nitrogens is 2. The molecule has 0 saturated carbocycles. The molecule has 2 N–H and O–H groups in total. The molecule has 0 aliphatic heterocycles. The van der Waals surface area contributed by atoms with Crippen molar-refractivity contribution in [3.63, 3.8) is 0 Å². The Morgan fingerprint density at radius 1 is 0.714 bits per heavy atom. The van der Waals surface area contributed by atoms with Crippen LogP contribution in [0.5, 0.6) is 0 Å². The normalized spacial score (nSPS) is 9.90. The van der Waals surface area contributed by atoms with Crippen LogP contribution in [0.2, 0.25) is 0 Å². The smallest absolute Gasteiger partial charge is 1.00 e. The first-order chi connectivity index (χ1) is 9.72. The van der Waals surface area contributed by atoms with E-state index in [9.17, 15) is 0 Å². The van der Waals surface area contributed by atoms with Crippen LogP contribution in [0.1, 0.15) is 1.43 Å². The average Bonchev–Trinajstić information content (AvgIpc) is 2.99. The first-order valence-corrected chi connectivity index (χ1v) is 8.33. The maximum Gasteiger partial charge on any atom is 1.00 e. The summed E-state index contributed by atoms with van der Waals surface area (Å²) in [5, 5.41) is 0. The van der Waals surface area contributed by atoms with Crippen molar-refractivity contribution >= 4 is 67.5 Å². The van der Waals surface area contributed by atoms with Gasteiger partial charge in [-0.25, -0.2) is 0 Å². The first-order valence-electron chi connectivity index (χ1n) is 5.88. The van der Waals surface area contributed by atoms with Crippen LogP contribution < -0.4 is 29.6 Å². The van der Waals surface area contributed by atoms with Crippen LogP contribution >= 0.6 is 47.1 Å². The summed E-state index contributed by atoms with van der Waals surface area (Å²) in [6.07, 6.45) is 0. The minimum Gasteiger partial charge on any atom is -1.00 e. The van der Waals surface area contributed by atoms with Crippen molar-refractivity contribution in [1.29, 1.82) is 0 Å². The van der Waals surface area contributed by atoms with E-state index in [-0.39, 0.29) is 31.0 Å². The molecule has 2 heterocycles. The third-order valence-corrected chi connectivity index (χ3v) is 5.08. The summed E-state index contributed by atoms with van der Waals surface area (Å²) in [6.45, 7) is 0. The zero-order valence-electron chi connectivity index (χ0n) is 12.3. The molecule has 2 nitrogen and oxygen atoms in total. The van der Waals surface area contributed by atoms with E-state index >= 15 is 0 Å². The Morgan fingerprint density at radius 2 is 1.10 bits per heavy atom. The molecule has 0 spiro atoms. The van der Waals surface area contributed by atoms with E-state index in [4.69, 9.17) is 24.4 Å². The Balaban J connectivity index is 0.000000202. The Hall–Kier alpha value is -0.340. The van der Waals surface area contributed by atoms with Crippen LogP contribution in [0.3, 0.4) is 0 Å². The average molecular weight is 359 g/mol. The quantitative estimate of drug-likeness (QED) is 0.374. The van der Waals surface area contributed by atoms with Gasteiger partial charge in [0.25, 0.3) is 0 Å². The van der Waals surface area contributed by atoms with Gasteiger partial charge in [0.2, 0.25) is 0 Å². The maximum atomic E-state index is 4.98. The van der Waals surface area contributed by atoms with Gasteiger partial charge in [-0.1, -0.05) is 24.3 Å². The molecule has 0 aliphatic carbocycles. The van der Waals surface area contributed by atoms with Gasteiger partial charge in [0.05, 0.1) is 20.4 Å².